The van der Waals surface area contributed by atoms with E-state index in [1.807, 2.05) is 91.0 Å². The van der Waals surface area contributed by atoms with Crippen LogP contribution in [0.5, 0.6) is 0 Å². The van der Waals surface area contributed by atoms with Crippen LogP contribution in [0, 0.1) is 6.92 Å². The topological polar surface area (TPSA) is 72.0 Å². The predicted octanol–water partition coefficient (Wildman–Crippen LogP) is 5.87. The minimum absolute atomic E-state index is 0.238. The second-order valence-corrected chi connectivity index (χ2v) is 9.31. The van der Waals surface area contributed by atoms with Crippen LogP contribution in [0.15, 0.2) is 95.8 Å². The maximum Gasteiger partial charge on any atom is 0.348 e. The molecule has 0 aliphatic carbocycles. The molecule has 5 rings (SSSR count). The van der Waals surface area contributed by atoms with E-state index in [2.05, 4.69) is 4.98 Å². The molecule has 0 unspecified atom stereocenters. The van der Waals surface area contributed by atoms with E-state index in [9.17, 15) is 9.59 Å². The van der Waals surface area contributed by atoms with E-state index in [1.165, 1.54) is 11.3 Å². The second-order valence-electron chi connectivity index (χ2n) is 8.31. The second kappa shape index (κ2) is 10.1. The molecule has 2 heterocycles. The summed E-state index contributed by atoms with van der Waals surface area (Å²) in [5.74, 6) is -0.117. The Hall–Kier alpha value is -4.03. The number of hydrogen-bond acceptors (Lipinski definition) is 5. The van der Waals surface area contributed by atoms with Gasteiger partial charge in [0.2, 0.25) is 0 Å². The normalized spacial score (nSPS) is 11.1. The number of hydrogen-bond donors (Lipinski definition) is 1. The number of carbonyl (C=O) groups is 1. The van der Waals surface area contributed by atoms with Crippen LogP contribution in [0.1, 0.15) is 43.7 Å². The summed E-state index contributed by atoms with van der Waals surface area (Å²) in [7, 11) is 0. The monoisotopic (exact) mass is 480 g/mol. The summed E-state index contributed by atoms with van der Waals surface area (Å²) in [6.45, 7) is 2.05. The fraction of sp³-hybridized carbons (Fsp3) is 0.138. The average molecular weight is 481 g/mol. The molecule has 2 aromatic heterocycles. The molecule has 5 aromatic rings. The number of ether oxygens (including phenoxy) is 1. The van der Waals surface area contributed by atoms with Crippen LogP contribution in [0.25, 0.3) is 10.2 Å². The fourth-order valence-corrected chi connectivity index (χ4v) is 5.35. The number of rotatable bonds is 7. The van der Waals surface area contributed by atoms with E-state index < -0.39 is 5.97 Å². The van der Waals surface area contributed by atoms with Gasteiger partial charge in [0.25, 0.3) is 5.56 Å². The Bertz CT molecular complexity index is 1470. The zero-order chi connectivity index (χ0) is 24.2. The molecule has 1 N–H and O–H groups in total. The molecule has 174 valence electrons. The molecule has 0 amide bonds. The molecular weight excluding hydrogens is 456 g/mol. The molecule has 3 aromatic carbocycles. The van der Waals surface area contributed by atoms with E-state index in [0.717, 1.165) is 16.7 Å². The summed E-state index contributed by atoms with van der Waals surface area (Å²) >= 11 is 1.21. The number of fused-ring (bicyclic) bond motifs is 1. The quantitative estimate of drug-likeness (QED) is 0.296. The lowest BCUT2D eigenvalue weighted by Gasteiger charge is -2.17. The molecular formula is C29H24N2O3S. The molecule has 0 aliphatic rings. The molecule has 0 saturated carbocycles. The number of aromatic amines is 1. The van der Waals surface area contributed by atoms with Crippen molar-refractivity contribution in [1.82, 2.24) is 9.97 Å². The van der Waals surface area contributed by atoms with Gasteiger partial charge in [0.15, 0.2) is 0 Å². The lowest BCUT2D eigenvalue weighted by atomic mass is 9.90. The molecule has 0 bridgehead atoms. The maximum atomic E-state index is 13.2. The van der Waals surface area contributed by atoms with Crippen molar-refractivity contribution in [2.45, 2.75) is 19.3 Å². The summed E-state index contributed by atoms with van der Waals surface area (Å²) < 4.78 is 5.53. The molecule has 6 heteroatoms. The van der Waals surface area contributed by atoms with Crippen molar-refractivity contribution in [3.63, 3.8) is 0 Å². The zero-order valence-electron chi connectivity index (χ0n) is 19.2. The summed E-state index contributed by atoms with van der Waals surface area (Å²) in [4.78, 5) is 34.8. The highest BCUT2D eigenvalue weighted by molar-refractivity contribution is 7.20. The Balaban J connectivity index is 1.48. The lowest BCUT2D eigenvalue weighted by molar-refractivity contribution is 0.0514. The van der Waals surface area contributed by atoms with Crippen molar-refractivity contribution in [1.29, 1.82) is 0 Å². The Morgan fingerprint density at radius 1 is 0.914 bits per heavy atom. The van der Waals surface area contributed by atoms with Crippen LogP contribution in [0.2, 0.25) is 0 Å². The van der Waals surface area contributed by atoms with Crippen molar-refractivity contribution in [2.24, 2.45) is 0 Å². The molecule has 0 radical (unpaired) electrons. The van der Waals surface area contributed by atoms with Crippen LogP contribution in [0.3, 0.4) is 0 Å². The van der Waals surface area contributed by atoms with Gasteiger partial charge in [-0.2, -0.15) is 0 Å². The van der Waals surface area contributed by atoms with Gasteiger partial charge in [0.1, 0.15) is 15.5 Å². The molecule has 35 heavy (non-hydrogen) atoms. The van der Waals surface area contributed by atoms with Gasteiger partial charge in [-0.1, -0.05) is 91.0 Å². The van der Waals surface area contributed by atoms with Gasteiger partial charge in [-0.15, -0.1) is 11.3 Å². The first-order valence-corrected chi connectivity index (χ1v) is 12.3. The highest BCUT2D eigenvalue weighted by Crippen LogP contribution is 2.32. The Kier molecular flexibility index (Phi) is 6.55. The number of nitrogens with one attached hydrogen (secondary N) is 1. The number of aryl methyl sites for hydroxylation is 1. The molecule has 0 spiro atoms. The van der Waals surface area contributed by atoms with Crippen LogP contribution in [0.4, 0.5) is 0 Å². The predicted molar refractivity (Wildman–Crippen MR) is 139 cm³/mol. The summed E-state index contributed by atoms with van der Waals surface area (Å²) in [5.41, 5.74) is 3.50. The molecule has 0 aliphatic heterocycles. The van der Waals surface area contributed by atoms with Crippen molar-refractivity contribution < 1.29 is 9.53 Å². The zero-order valence-corrected chi connectivity index (χ0v) is 20.0. The average Bonchev–Trinajstić information content (AvgIpc) is 3.23. The van der Waals surface area contributed by atoms with Gasteiger partial charge in [0, 0.05) is 6.42 Å². The van der Waals surface area contributed by atoms with Crippen molar-refractivity contribution in [2.75, 3.05) is 6.61 Å². The van der Waals surface area contributed by atoms with Gasteiger partial charge < -0.3 is 9.72 Å². The number of aromatic nitrogens is 2. The van der Waals surface area contributed by atoms with E-state index in [1.54, 1.807) is 6.92 Å². The molecule has 5 nitrogen and oxygen atoms in total. The largest absolute Gasteiger partial charge is 0.461 e. The third kappa shape index (κ3) is 4.79. The van der Waals surface area contributed by atoms with Crippen LogP contribution in [-0.4, -0.2) is 22.5 Å². The van der Waals surface area contributed by atoms with Crippen LogP contribution in [-0.2, 0) is 11.2 Å². The summed E-state index contributed by atoms with van der Waals surface area (Å²) in [5, 5.41) is 0.439. The number of thiophene rings is 1. The minimum atomic E-state index is -0.426. The smallest absolute Gasteiger partial charge is 0.348 e. The van der Waals surface area contributed by atoms with E-state index in [-0.39, 0.29) is 18.1 Å². The van der Waals surface area contributed by atoms with E-state index in [4.69, 9.17) is 9.72 Å². The molecule has 0 fully saturated rings. The highest BCUT2D eigenvalue weighted by atomic mass is 32.1. The summed E-state index contributed by atoms with van der Waals surface area (Å²) in [6.07, 6.45) is 0.634. The standard InChI is InChI=1S/C29H24N2O3S/c1-19-23-27(32)30-26(24(21-13-7-3-8-14-21)22-15-9-4-10-16-22)31-28(23)35-25(19)29(33)34-18-17-20-11-5-2-6-12-20/h2-16,24H,17-18H2,1H3,(H,30,31,32). The molecule has 0 saturated heterocycles. The maximum absolute atomic E-state index is 13.2. The third-order valence-electron chi connectivity index (χ3n) is 6.01. The minimum Gasteiger partial charge on any atom is -0.461 e. The number of nitrogens with zero attached hydrogens (tertiary/aromatic N) is 1. The lowest BCUT2D eigenvalue weighted by Crippen LogP contribution is -2.16. The first-order valence-electron chi connectivity index (χ1n) is 11.5. The van der Waals surface area contributed by atoms with Gasteiger partial charge in [-0.25, -0.2) is 9.78 Å². The Morgan fingerprint density at radius 2 is 1.49 bits per heavy atom. The van der Waals surface area contributed by atoms with Gasteiger partial charge in [0.05, 0.1) is 17.9 Å². The van der Waals surface area contributed by atoms with E-state index >= 15 is 0 Å². The van der Waals surface area contributed by atoms with Crippen LogP contribution < -0.4 is 5.56 Å². The first-order chi connectivity index (χ1) is 17.1. The SMILES string of the molecule is Cc1c(C(=O)OCCc2ccccc2)sc2nc(C(c3ccccc3)c3ccccc3)[nH]c(=O)c12. The summed E-state index contributed by atoms with van der Waals surface area (Å²) in [6, 6.07) is 29.8. The first kappa shape index (κ1) is 22.7. The Morgan fingerprint density at radius 3 is 2.09 bits per heavy atom. The third-order valence-corrected chi connectivity index (χ3v) is 7.18. The fourth-order valence-electron chi connectivity index (χ4n) is 4.26. The number of benzene rings is 3. The molecule has 0 atom stereocenters. The number of H-pyrrole nitrogens is 1. The van der Waals surface area contributed by atoms with Crippen molar-refractivity contribution in [3.05, 3.63) is 134 Å². The van der Waals surface area contributed by atoms with Gasteiger partial charge in [-0.05, 0) is 29.2 Å². The number of carbonyl (C=O) groups excluding carboxylic acids is 1. The van der Waals surface area contributed by atoms with Gasteiger partial charge >= 0.3 is 5.97 Å². The highest BCUT2D eigenvalue weighted by Gasteiger charge is 2.24. The van der Waals surface area contributed by atoms with Crippen LogP contribution >= 0.6 is 11.3 Å². The van der Waals surface area contributed by atoms with Crippen molar-refractivity contribution in [3.8, 4) is 0 Å². The van der Waals surface area contributed by atoms with Gasteiger partial charge in [-0.3, -0.25) is 4.79 Å². The Labute approximate surface area is 207 Å². The number of esters is 1. The van der Waals surface area contributed by atoms with E-state index in [0.29, 0.717) is 32.9 Å². The van der Waals surface area contributed by atoms with Crippen molar-refractivity contribution >= 4 is 27.5 Å².